The molecule has 0 bridgehead atoms. The van der Waals surface area contributed by atoms with Gasteiger partial charge >= 0.3 is 5.69 Å². The lowest BCUT2D eigenvalue weighted by molar-refractivity contribution is -0.131. The van der Waals surface area contributed by atoms with Gasteiger partial charge in [0.15, 0.2) is 17.3 Å². The maximum Gasteiger partial charge on any atom is 0.351 e. The lowest BCUT2D eigenvalue weighted by Crippen LogP contribution is -2.35. The molecule has 0 saturated carbocycles. The van der Waals surface area contributed by atoms with Gasteiger partial charge in [0.1, 0.15) is 13.2 Å². The molecule has 0 N–H and O–H groups in total. The summed E-state index contributed by atoms with van der Waals surface area (Å²) in [5, 5.41) is 4.30. The van der Waals surface area contributed by atoms with Crippen molar-refractivity contribution >= 4 is 5.91 Å². The second-order valence-electron chi connectivity index (χ2n) is 6.25. The molecule has 9 heteroatoms. The van der Waals surface area contributed by atoms with Gasteiger partial charge in [-0.3, -0.25) is 4.79 Å². The van der Waals surface area contributed by atoms with E-state index in [1.54, 1.807) is 23.1 Å². The molecule has 1 aromatic carbocycles. The summed E-state index contributed by atoms with van der Waals surface area (Å²) in [7, 11) is 1.53. The molecule has 2 aliphatic heterocycles. The van der Waals surface area contributed by atoms with Crippen molar-refractivity contribution in [3.63, 3.8) is 0 Å². The molecule has 138 valence electrons. The molecular formula is C17H20N4O5. The average Bonchev–Trinajstić information content (AvgIpc) is 3.36. The molecule has 0 radical (unpaired) electrons. The highest BCUT2D eigenvalue weighted by molar-refractivity contribution is 5.76. The normalized spacial score (nSPS) is 15.7. The largest absolute Gasteiger partial charge is 0.454 e. The van der Waals surface area contributed by atoms with Crippen LogP contribution in [0.4, 0.5) is 0 Å². The molecule has 3 heterocycles. The van der Waals surface area contributed by atoms with Crippen LogP contribution < -0.4 is 15.2 Å². The summed E-state index contributed by atoms with van der Waals surface area (Å²) in [5.74, 6) is 1.53. The molecule has 0 unspecified atom stereocenters. The van der Waals surface area contributed by atoms with E-state index in [0.717, 1.165) is 25.9 Å². The molecule has 2 aliphatic rings. The van der Waals surface area contributed by atoms with Gasteiger partial charge in [-0.05, 0) is 25.0 Å². The Bertz CT molecular complexity index is 882. The zero-order chi connectivity index (χ0) is 18.1. The molecule has 4 rings (SSSR count). The standard InChI is InChI=1S/C17H20N4O5/c1-24-10-15-18-20(9-16(22)19-6-2-3-7-19)17(23)21(15)12-4-5-13-14(8-12)26-11-25-13/h4-5,8H,2-3,6-7,9-11H2,1H3. The molecule has 26 heavy (non-hydrogen) atoms. The molecule has 0 spiro atoms. The van der Waals surface area contributed by atoms with Crippen LogP contribution in [0.2, 0.25) is 0 Å². The third kappa shape index (κ3) is 2.94. The summed E-state index contributed by atoms with van der Waals surface area (Å²) in [5.41, 5.74) is 0.203. The Morgan fingerprint density at radius 2 is 2.00 bits per heavy atom. The van der Waals surface area contributed by atoms with E-state index < -0.39 is 0 Å². The summed E-state index contributed by atoms with van der Waals surface area (Å²) in [6.07, 6.45) is 2.00. The molecule has 1 aromatic heterocycles. The van der Waals surface area contributed by atoms with Gasteiger partial charge in [0.2, 0.25) is 12.7 Å². The fraction of sp³-hybridized carbons (Fsp3) is 0.471. The number of nitrogens with zero attached hydrogens (tertiary/aromatic N) is 4. The molecule has 0 aliphatic carbocycles. The van der Waals surface area contributed by atoms with Crippen molar-refractivity contribution < 1.29 is 19.0 Å². The monoisotopic (exact) mass is 360 g/mol. The summed E-state index contributed by atoms with van der Waals surface area (Å²) in [6.45, 7) is 1.70. The first-order chi connectivity index (χ1) is 12.7. The number of fused-ring (bicyclic) bond motifs is 1. The highest BCUT2D eigenvalue weighted by atomic mass is 16.7. The van der Waals surface area contributed by atoms with Gasteiger partial charge in [0, 0.05) is 26.3 Å². The Morgan fingerprint density at radius 1 is 1.23 bits per heavy atom. The smallest absolute Gasteiger partial charge is 0.351 e. The third-order valence-electron chi connectivity index (χ3n) is 4.54. The van der Waals surface area contributed by atoms with Crippen LogP contribution in [0.1, 0.15) is 18.7 Å². The van der Waals surface area contributed by atoms with E-state index in [2.05, 4.69) is 5.10 Å². The Kier molecular flexibility index (Phi) is 4.37. The maximum absolute atomic E-state index is 12.9. The first kappa shape index (κ1) is 16.6. The zero-order valence-corrected chi connectivity index (χ0v) is 14.5. The molecule has 1 amide bonds. The Balaban J connectivity index is 1.68. The van der Waals surface area contributed by atoms with Crippen LogP contribution in [0.5, 0.6) is 11.5 Å². The fourth-order valence-corrected chi connectivity index (χ4v) is 3.26. The number of ether oxygens (including phenoxy) is 3. The van der Waals surface area contributed by atoms with Gasteiger partial charge in [0.05, 0.1) is 5.69 Å². The van der Waals surface area contributed by atoms with Gasteiger partial charge in [-0.25, -0.2) is 14.0 Å². The first-order valence-electron chi connectivity index (χ1n) is 8.53. The van der Waals surface area contributed by atoms with Crippen molar-refractivity contribution in [2.24, 2.45) is 0 Å². The zero-order valence-electron chi connectivity index (χ0n) is 14.5. The van der Waals surface area contributed by atoms with E-state index in [0.29, 0.717) is 23.0 Å². The fourth-order valence-electron chi connectivity index (χ4n) is 3.26. The van der Waals surface area contributed by atoms with E-state index in [1.165, 1.54) is 16.4 Å². The Labute approximate surface area is 149 Å². The predicted octanol–water partition coefficient (Wildman–Crippen LogP) is 0.531. The maximum atomic E-state index is 12.9. The number of hydrogen-bond donors (Lipinski definition) is 0. The highest BCUT2D eigenvalue weighted by Crippen LogP contribution is 2.33. The van der Waals surface area contributed by atoms with Crippen LogP contribution in [0.15, 0.2) is 23.0 Å². The van der Waals surface area contributed by atoms with Crippen molar-refractivity contribution in [1.82, 2.24) is 19.2 Å². The molecule has 2 aromatic rings. The molecule has 1 fully saturated rings. The molecule has 0 atom stereocenters. The van der Waals surface area contributed by atoms with Crippen LogP contribution >= 0.6 is 0 Å². The van der Waals surface area contributed by atoms with E-state index in [1.807, 2.05) is 0 Å². The van der Waals surface area contributed by atoms with Gasteiger partial charge < -0.3 is 19.1 Å². The van der Waals surface area contributed by atoms with Gasteiger partial charge in [-0.15, -0.1) is 0 Å². The summed E-state index contributed by atoms with van der Waals surface area (Å²) < 4.78 is 18.5. The Morgan fingerprint density at radius 3 is 2.77 bits per heavy atom. The van der Waals surface area contributed by atoms with E-state index in [4.69, 9.17) is 14.2 Å². The van der Waals surface area contributed by atoms with Crippen molar-refractivity contribution in [1.29, 1.82) is 0 Å². The van der Waals surface area contributed by atoms with Crippen LogP contribution in [0, 0.1) is 0 Å². The number of carbonyl (C=O) groups is 1. The lowest BCUT2D eigenvalue weighted by atomic mass is 10.2. The number of methoxy groups -OCH3 is 1. The number of carbonyl (C=O) groups excluding carboxylic acids is 1. The summed E-state index contributed by atoms with van der Waals surface area (Å²) >= 11 is 0. The minimum atomic E-state index is -0.386. The quantitative estimate of drug-likeness (QED) is 0.773. The Hall–Kier alpha value is -2.81. The van der Waals surface area contributed by atoms with Crippen molar-refractivity contribution in [2.75, 3.05) is 27.0 Å². The van der Waals surface area contributed by atoms with Crippen LogP contribution in [0.3, 0.4) is 0 Å². The lowest BCUT2D eigenvalue weighted by Gasteiger charge is -2.14. The second kappa shape index (κ2) is 6.83. The van der Waals surface area contributed by atoms with Crippen LogP contribution in [-0.4, -0.2) is 52.1 Å². The van der Waals surface area contributed by atoms with Crippen molar-refractivity contribution in [3.05, 3.63) is 34.5 Å². The highest BCUT2D eigenvalue weighted by Gasteiger charge is 2.23. The topological polar surface area (TPSA) is 87.8 Å². The molecule has 9 nitrogen and oxygen atoms in total. The van der Waals surface area contributed by atoms with Gasteiger partial charge in [-0.2, -0.15) is 5.10 Å². The van der Waals surface area contributed by atoms with Crippen molar-refractivity contribution in [3.8, 4) is 17.2 Å². The SMILES string of the molecule is COCc1nn(CC(=O)N2CCCC2)c(=O)n1-c1ccc2c(c1)OCO2. The number of rotatable bonds is 5. The van der Waals surface area contributed by atoms with E-state index in [-0.39, 0.29) is 31.5 Å². The van der Waals surface area contributed by atoms with Gasteiger partial charge in [0.25, 0.3) is 0 Å². The second-order valence-corrected chi connectivity index (χ2v) is 6.25. The molecular weight excluding hydrogens is 340 g/mol. The first-order valence-corrected chi connectivity index (χ1v) is 8.53. The van der Waals surface area contributed by atoms with Gasteiger partial charge in [-0.1, -0.05) is 0 Å². The summed E-state index contributed by atoms with van der Waals surface area (Å²) in [6, 6.07) is 5.22. The minimum Gasteiger partial charge on any atom is -0.454 e. The van der Waals surface area contributed by atoms with Crippen LogP contribution in [-0.2, 0) is 22.7 Å². The number of likely N-dealkylation sites (tertiary alicyclic amines) is 1. The summed E-state index contributed by atoms with van der Waals surface area (Å²) in [4.78, 5) is 27.0. The minimum absolute atomic E-state index is 0.0763. The average molecular weight is 360 g/mol. The van der Waals surface area contributed by atoms with Crippen LogP contribution in [0.25, 0.3) is 5.69 Å². The number of aromatic nitrogens is 3. The number of hydrogen-bond acceptors (Lipinski definition) is 6. The number of amides is 1. The number of benzene rings is 1. The van der Waals surface area contributed by atoms with E-state index >= 15 is 0 Å². The molecule has 1 saturated heterocycles. The third-order valence-corrected chi connectivity index (χ3v) is 4.54. The van der Waals surface area contributed by atoms with Crippen molar-refractivity contribution in [2.45, 2.75) is 26.0 Å². The van der Waals surface area contributed by atoms with E-state index in [9.17, 15) is 9.59 Å². The predicted molar refractivity (Wildman–Crippen MR) is 90.5 cm³/mol.